The van der Waals surface area contributed by atoms with Gasteiger partial charge in [-0.05, 0) is 36.6 Å². The van der Waals surface area contributed by atoms with E-state index in [0.29, 0.717) is 13.0 Å². The van der Waals surface area contributed by atoms with E-state index in [1.807, 2.05) is 42.2 Å². The fourth-order valence-corrected chi connectivity index (χ4v) is 3.47. The van der Waals surface area contributed by atoms with Gasteiger partial charge in [0, 0.05) is 38.5 Å². The van der Waals surface area contributed by atoms with Gasteiger partial charge in [-0.15, -0.1) is 24.0 Å². The van der Waals surface area contributed by atoms with E-state index in [4.69, 9.17) is 0 Å². The third-order valence-corrected chi connectivity index (χ3v) is 5.07. The van der Waals surface area contributed by atoms with Gasteiger partial charge in [-0.25, -0.2) is 4.99 Å². The predicted octanol–water partition coefficient (Wildman–Crippen LogP) is 3.16. The summed E-state index contributed by atoms with van der Waals surface area (Å²) in [6.45, 7) is 5.61. The van der Waals surface area contributed by atoms with Gasteiger partial charge in [0.1, 0.15) is 5.75 Å². The van der Waals surface area contributed by atoms with E-state index in [0.717, 1.165) is 44.1 Å². The van der Waals surface area contributed by atoms with Crippen LogP contribution in [-0.4, -0.2) is 48.1 Å². The monoisotopic (exact) mass is 522 g/mol. The number of amides is 1. The van der Waals surface area contributed by atoms with Crippen LogP contribution in [0.2, 0.25) is 0 Å². The zero-order chi connectivity index (χ0) is 20.5. The first kappa shape index (κ1) is 24.0. The lowest BCUT2D eigenvalue weighted by molar-refractivity contribution is -0.127. The van der Waals surface area contributed by atoms with Gasteiger partial charge in [0.05, 0.1) is 6.54 Å². The molecule has 3 rings (SSSR count). The van der Waals surface area contributed by atoms with Crippen LogP contribution in [0.25, 0.3) is 0 Å². The van der Waals surface area contributed by atoms with Crippen LogP contribution in [0.3, 0.4) is 0 Å². The fourth-order valence-electron chi connectivity index (χ4n) is 3.47. The van der Waals surface area contributed by atoms with Crippen molar-refractivity contribution in [3.63, 3.8) is 0 Å². The molecule has 1 atom stereocenters. The van der Waals surface area contributed by atoms with E-state index in [2.05, 4.69) is 27.8 Å². The molecule has 0 radical (unpaired) electrons. The summed E-state index contributed by atoms with van der Waals surface area (Å²) in [5.74, 6) is 1.52. The van der Waals surface area contributed by atoms with Crippen molar-refractivity contribution in [2.45, 2.75) is 26.3 Å². The molecule has 1 amide bonds. The molecule has 30 heavy (non-hydrogen) atoms. The van der Waals surface area contributed by atoms with Crippen molar-refractivity contribution in [1.29, 1.82) is 0 Å². The summed E-state index contributed by atoms with van der Waals surface area (Å²) >= 11 is 0. The van der Waals surface area contributed by atoms with Crippen molar-refractivity contribution in [2.75, 3.05) is 26.2 Å². The van der Waals surface area contributed by atoms with Crippen molar-refractivity contribution < 1.29 is 9.90 Å². The highest BCUT2D eigenvalue weighted by molar-refractivity contribution is 14.0. The second kappa shape index (κ2) is 12.4. The van der Waals surface area contributed by atoms with Crippen molar-refractivity contribution >= 4 is 35.8 Å². The minimum atomic E-state index is 0. The summed E-state index contributed by atoms with van der Waals surface area (Å²) in [5.41, 5.74) is 2.29. The maximum absolute atomic E-state index is 12.3. The molecule has 7 heteroatoms. The molecule has 2 aromatic rings. The van der Waals surface area contributed by atoms with Crippen LogP contribution in [-0.2, 0) is 17.8 Å². The molecule has 0 bridgehead atoms. The number of phenols is 1. The lowest BCUT2D eigenvalue weighted by Crippen LogP contribution is -2.40. The SMILES string of the molecule is CCNC(=NCc1ccc(O)cc1)NCC1CC(=O)N(CCc2ccccc2)C1.I. The van der Waals surface area contributed by atoms with Gasteiger partial charge < -0.3 is 20.6 Å². The minimum Gasteiger partial charge on any atom is -0.508 e. The van der Waals surface area contributed by atoms with E-state index in [1.165, 1.54) is 5.56 Å². The van der Waals surface area contributed by atoms with Crippen LogP contribution in [0.5, 0.6) is 5.75 Å². The Morgan fingerprint density at radius 1 is 1.10 bits per heavy atom. The molecular formula is C23H31IN4O2. The largest absolute Gasteiger partial charge is 0.508 e. The number of benzene rings is 2. The minimum absolute atomic E-state index is 0. The molecule has 0 spiro atoms. The van der Waals surface area contributed by atoms with Crippen molar-refractivity contribution in [3.05, 3.63) is 65.7 Å². The first-order chi connectivity index (χ1) is 14.1. The summed E-state index contributed by atoms with van der Waals surface area (Å²) in [6, 6.07) is 17.3. The van der Waals surface area contributed by atoms with Crippen LogP contribution in [0.15, 0.2) is 59.6 Å². The molecule has 1 fully saturated rings. The number of guanidine groups is 1. The first-order valence-electron chi connectivity index (χ1n) is 10.3. The van der Waals surface area contributed by atoms with Crippen LogP contribution < -0.4 is 10.6 Å². The molecule has 0 saturated carbocycles. The highest BCUT2D eigenvalue weighted by Crippen LogP contribution is 2.17. The highest BCUT2D eigenvalue weighted by atomic mass is 127. The van der Waals surface area contributed by atoms with E-state index < -0.39 is 0 Å². The Kier molecular flexibility index (Phi) is 9.93. The molecule has 1 unspecified atom stereocenters. The zero-order valence-electron chi connectivity index (χ0n) is 17.4. The van der Waals surface area contributed by atoms with E-state index in [9.17, 15) is 9.90 Å². The van der Waals surface area contributed by atoms with Gasteiger partial charge in [-0.3, -0.25) is 4.79 Å². The average Bonchev–Trinajstić information content (AvgIpc) is 3.10. The Morgan fingerprint density at radius 2 is 1.83 bits per heavy atom. The third-order valence-electron chi connectivity index (χ3n) is 5.07. The maximum Gasteiger partial charge on any atom is 0.223 e. The van der Waals surface area contributed by atoms with Crippen LogP contribution in [0.1, 0.15) is 24.5 Å². The summed E-state index contributed by atoms with van der Waals surface area (Å²) in [6.07, 6.45) is 1.47. The van der Waals surface area contributed by atoms with E-state index in [-0.39, 0.29) is 41.6 Å². The Morgan fingerprint density at radius 3 is 2.53 bits per heavy atom. The summed E-state index contributed by atoms with van der Waals surface area (Å²) in [7, 11) is 0. The smallest absolute Gasteiger partial charge is 0.223 e. The molecule has 3 N–H and O–H groups in total. The van der Waals surface area contributed by atoms with Gasteiger partial charge in [-0.2, -0.15) is 0 Å². The second-order valence-electron chi connectivity index (χ2n) is 7.39. The van der Waals surface area contributed by atoms with Crippen LogP contribution in [0.4, 0.5) is 0 Å². The number of hydrogen-bond donors (Lipinski definition) is 3. The molecule has 0 aliphatic carbocycles. The maximum atomic E-state index is 12.3. The van der Waals surface area contributed by atoms with Gasteiger partial charge >= 0.3 is 0 Å². The molecule has 1 aliphatic heterocycles. The summed E-state index contributed by atoms with van der Waals surface area (Å²) in [4.78, 5) is 18.9. The summed E-state index contributed by atoms with van der Waals surface area (Å²) in [5, 5.41) is 16.0. The number of nitrogens with one attached hydrogen (secondary N) is 2. The topological polar surface area (TPSA) is 77.0 Å². The Hall–Kier alpha value is -2.29. The molecular weight excluding hydrogens is 491 g/mol. The van der Waals surface area contributed by atoms with Crippen LogP contribution >= 0.6 is 24.0 Å². The lowest BCUT2D eigenvalue weighted by atomic mass is 10.1. The molecule has 0 aromatic heterocycles. The first-order valence-corrected chi connectivity index (χ1v) is 10.3. The second-order valence-corrected chi connectivity index (χ2v) is 7.39. The van der Waals surface area contributed by atoms with Gasteiger partial charge in [-0.1, -0.05) is 42.5 Å². The van der Waals surface area contributed by atoms with Crippen molar-refractivity contribution in [1.82, 2.24) is 15.5 Å². The number of nitrogens with zero attached hydrogens (tertiary/aromatic N) is 2. The normalized spacial score (nSPS) is 16.3. The average molecular weight is 522 g/mol. The number of hydrogen-bond acceptors (Lipinski definition) is 3. The summed E-state index contributed by atoms with van der Waals surface area (Å²) < 4.78 is 0. The Balaban J connectivity index is 0.00000320. The number of aliphatic imine (C=N–C) groups is 1. The molecule has 162 valence electrons. The number of likely N-dealkylation sites (tertiary alicyclic amines) is 1. The van der Waals surface area contributed by atoms with Gasteiger partial charge in [0.2, 0.25) is 5.91 Å². The standard InChI is InChI=1S/C23H30N4O2.HI/c1-2-24-23(25-15-19-8-10-21(28)11-9-19)26-16-20-14-22(29)27(17-20)13-12-18-6-4-3-5-7-18;/h3-11,20,28H,2,12-17H2,1H3,(H2,24,25,26);1H. The Bertz CT molecular complexity index is 812. The highest BCUT2D eigenvalue weighted by Gasteiger charge is 2.29. The quantitative estimate of drug-likeness (QED) is 0.283. The van der Waals surface area contributed by atoms with Crippen LogP contribution in [0, 0.1) is 5.92 Å². The van der Waals surface area contributed by atoms with Gasteiger partial charge in [0.25, 0.3) is 0 Å². The molecule has 2 aromatic carbocycles. The van der Waals surface area contributed by atoms with E-state index in [1.54, 1.807) is 12.1 Å². The van der Waals surface area contributed by atoms with Crippen molar-refractivity contribution in [3.8, 4) is 5.75 Å². The molecule has 1 heterocycles. The van der Waals surface area contributed by atoms with E-state index >= 15 is 0 Å². The predicted molar refractivity (Wildman–Crippen MR) is 131 cm³/mol. The lowest BCUT2D eigenvalue weighted by Gasteiger charge is -2.18. The number of carbonyl (C=O) groups is 1. The number of phenolic OH excluding ortho intramolecular Hbond substituents is 1. The zero-order valence-corrected chi connectivity index (χ0v) is 19.7. The third kappa shape index (κ3) is 7.51. The molecule has 1 saturated heterocycles. The number of aromatic hydroxyl groups is 1. The van der Waals surface area contributed by atoms with Crippen molar-refractivity contribution in [2.24, 2.45) is 10.9 Å². The van der Waals surface area contributed by atoms with Gasteiger partial charge in [0.15, 0.2) is 5.96 Å². The number of halogens is 1. The fraction of sp³-hybridized carbons (Fsp3) is 0.391. The molecule has 6 nitrogen and oxygen atoms in total. The number of rotatable bonds is 8. The number of carbonyl (C=O) groups excluding carboxylic acids is 1. The Labute approximate surface area is 195 Å². The molecule has 1 aliphatic rings.